The van der Waals surface area contributed by atoms with Crippen LogP contribution in [0.5, 0.6) is 11.5 Å². The molecule has 1 aromatic rings. The van der Waals surface area contributed by atoms with Crippen LogP contribution in [-0.2, 0) is 0 Å². The van der Waals surface area contributed by atoms with Crippen LogP contribution in [0.15, 0.2) is 36.4 Å². The van der Waals surface area contributed by atoms with Gasteiger partial charge in [-0.15, -0.1) is 0 Å². The number of methoxy groups -OCH3 is 1. The largest absolute Gasteiger partial charge is 0.497 e. The Kier molecular flexibility index (Phi) is 5.93. The molecule has 0 saturated carbocycles. The highest BCUT2D eigenvalue weighted by Gasteiger charge is 2.13. The Balaban J connectivity index is 1.63. The van der Waals surface area contributed by atoms with Crippen LogP contribution in [0.2, 0.25) is 0 Å². The second-order valence-corrected chi connectivity index (χ2v) is 5.44. The summed E-state index contributed by atoms with van der Waals surface area (Å²) in [6, 6.07) is 7.68. The highest BCUT2D eigenvalue weighted by molar-refractivity contribution is 5.31. The number of nitrogens with zero attached hydrogens (tertiary/aromatic N) is 1. The zero-order chi connectivity index (χ0) is 14.2. The monoisotopic (exact) mass is 275 g/mol. The fourth-order valence-electron chi connectivity index (χ4n) is 2.35. The Morgan fingerprint density at radius 1 is 1.10 bits per heavy atom. The van der Waals surface area contributed by atoms with Gasteiger partial charge in [-0.25, -0.2) is 0 Å². The summed E-state index contributed by atoms with van der Waals surface area (Å²) in [6.45, 7) is 6.46. The summed E-state index contributed by atoms with van der Waals surface area (Å²) in [4.78, 5) is 2.50. The van der Waals surface area contributed by atoms with Crippen molar-refractivity contribution in [2.24, 2.45) is 5.92 Å². The van der Waals surface area contributed by atoms with Crippen LogP contribution < -0.4 is 9.47 Å². The lowest BCUT2D eigenvalue weighted by molar-refractivity contribution is 0.210. The highest BCUT2D eigenvalue weighted by atomic mass is 16.5. The molecule has 0 atom stereocenters. The molecule has 20 heavy (non-hydrogen) atoms. The van der Waals surface area contributed by atoms with E-state index in [2.05, 4.69) is 24.0 Å². The van der Waals surface area contributed by atoms with E-state index < -0.39 is 0 Å². The molecule has 1 aliphatic heterocycles. The van der Waals surface area contributed by atoms with Crippen LogP contribution in [0.4, 0.5) is 0 Å². The van der Waals surface area contributed by atoms with E-state index in [1.165, 1.54) is 25.9 Å². The number of hydrogen-bond acceptors (Lipinski definition) is 3. The minimum Gasteiger partial charge on any atom is -0.497 e. The Morgan fingerprint density at radius 2 is 1.75 bits per heavy atom. The second kappa shape index (κ2) is 7.95. The van der Waals surface area contributed by atoms with Crippen molar-refractivity contribution in [1.29, 1.82) is 0 Å². The smallest absolute Gasteiger partial charge is 0.120 e. The summed E-state index contributed by atoms with van der Waals surface area (Å²) < 4.78 is 10.8. The third kappa shape index (κ3) is 4.89. The van der Waals surface area contributed by atoms with Crippen molar-refractivity contribution in [3.8, 4) is 11.5 Å². The van der Waals surface area contributed by atoms with E-state index >= 15 is 0 Å². The highest BCUT2D eigenvalue weighted by Crippen LogP contribution is 2.17. The zero-order valence-electron chi connectivity index (χ0n) is 12.5. The van der Waals surface area contributed by atoms with Crippen molar-refractivity contribution in [3.63, 3.8) is 0 Å². The molecule has 0 N–H and O–H groups in total. The van der Waals surface area contributed by atoms with Crippen LogP contribution in [0.1, 0.15) is 19.8 Å². The molecule has 3 nitrogen and oxygen atoms in total. The maximum atomic E-state index is 5.65. The molecule has 0 unspecified atom stereocenters. The Hall–Kier alpha value is -1.48. The topological polar surface area (TPSA) is 21.7 Å². The molecular weight excluding hydrogens is 250 g/mol. The van der Waals surface area contributed by atoms with Crippen molar-refractivity contribution in [2.75, 3.05) is 33.4 Å². The zero-order valence-corrected chi connectivity index (χ0v) is 12.5. The average Bonchev–Trinajstić information content (AvgIpc) is 2.49. The summed E-state index contributed by atoms with van der Waals surface area (Å²) in [5, 5.41) is 0. The van der Waals surface area contributed by atoms with Crippen LogP contribution >= 0.6 is 0 Å². The second-order valence-electron chi connectivity index (χ2n) is 5.44. The van der Waals surface area contributed by atoms with Gasteiger partial charge in [0.25, 0.3) is 0 Å². The SMILES string of the molecule is COc1ccc(OC/C=C/CN2CCC(C)CC2)cc1. The molecule has 3 heteroatoms. The maximum absolute atomic E-state index is 5.65. The molecule has 0 spiro atoms. The lowest BCUT2D eigenvalue weighted by atomic mass is 9.99. The molecule has 1 aromatic carbocycles. The Morgan fingerprint density at radius 3 is 2.40 bits per heavy atom. The lowest BCUT2D eigenvalue weighted by Crippen LogP contribution is -2.32. The van der Waals surface area contributed by atoms with Crippen molar-refractivity contribution in [3.05, 3.63) is 36.4 Å². The summed E-state index contributed by atoms with van der Waals surface area (Å²) in [5.41, 5.74) is 0. The predicted molar refractivity (Wildman–Crippen MR) is 82.5 cm³/mol. The average molecular weight is 275 g/mol. The standard InChI is InChI=1S/C17H25NO2/c1-15-9-12-18(13-10-15)11-3-4-14-20-17-7-5-16(19-2)6-8-17/h3-8,15H,9-14H2,1-2H3/b4-3+. The number of hydrogen-bond donors (Lipinski definition) is 0. The van der Waals surface area contributed by atoms with Gasteiger partial charge in [-0.2, -0.15) is 0 Å². The van der Waals surface area contributed by atoms with Gasteiger partial charge >= 0.3 is 0 Å². The van der Waals surface area contributed by atoms with Crippen molar-refractivity contribution in [2.45, 2.75) is 19.8 Å². The molecule has 0 aliphatic carbocycles. The van der Waals surface area contributed by atoms with Gasteiger partial charge in [-0.05, 0) is 56.1 Å². The summed E-state index contributed by atoms with van der Waals surface area (Å²) in [7, 11) is 1.67. The van der Waals surface area contributed by atoms with E-state index in [9.17, 15) is 0 Å². The first-order valence-electron chi connectivity index (χ1n) is 7.42. The van der Waals surface area contributed by atoms with Gasteiger partial charge in [-0.3, -0.25) is 4.90 Å². The van der Waals surface area contributed by atoms with Gasteiger partial charge < -0.3 is 9.47 Å². The van der Waals surface area contributed by atoms with Gasteiger partial charge in [0.15, 0.2) is 0 Å². The molecule has 1 fully saturated rings. The summed E-state index contributed by atoms with van der Waals surface area (Å²) >= 11 is 0. The maximum Gasteiger partial charge on any atom is 0.120 e. The molecule has 1 heterocycles. The van der Waals surface area contributed by atoms with Crippen molar-refractivity contribution in [1.82, 2.24) is 4.90 Å². The molecule has 1 aliphatic rings. The molecule has 0 bridgehead atoms. The minimum absolute atomic E-state index is 0.622. The number of likely N-dealkylation sites (tertiary alicyclic amines) is 1. The van der Waals surface area contributed by atoms with Gasteiger partial charge in [-0.1, -0.05) is 19.1 Å². The van der Waals surface area contributed by atoms with Crippen molar-refractivity contribution >= 4 is 0 Å². The molecule has 0 amide bonds. The Bertz CT molecular complexity index is 406. The summed E-state index contributed by atoms with van der Waals surface area (Å²) in [6.07, 6.45) is 6.97. The molecular formula is C17H25NO2. The van der Waals surface area contributed by atoms with Crippen LogP contribution in [-0.4, -0.2) is 38.3 Å². The molecule has 0 aromatic heterocycles. The van der Waals surface area contributed by atoms with E-state index in [0.29, 0.717) is 6.61 Å². The van der Waals surface area contributed by atoms with E-state index in [1.54, 1.807) is 7.11 Å². The predicted octanol–water partition coefficient (Wildman–Crippen LogP) is 3.36. The molecule has 0 radical (unpaired) electrons. The quantitative estimate of drug-likeness (QED) is 0.743. The number of ether oxygens (including phenoxy) is 2. The van der Waals surface area contributed by atoms with Crippen LogP contribution in [0.3, 0.4) is 0 Å². The Labute approximate surface area is 122 Å². The fourth-order valence-corrected chi connectivity index (χ4v) is 2.35. The third-order valence-corrected chi connectivity index (χ3v) is 3.81. The normalized spacial score (nSPS) is 17.5. The van der Waals surface area contributed by atoms with Gasteiger partial charge in [0.05, 0.1) is 7.11 Å². The third-order valence-electron chi connectivity index (χ3n) is 3.81. The van der Waals surface area contributed by atoms with Crippen LogP contribution in [0, 0.1) is 5.92 Å². The van der Waals surface area contributed by atoms with Gasteiger partial charge in [0.2, 0.25) is 0 Å². The first kappa shape index (κ1) is 14.9. The minimum atomic E-state index is 0.622. The first-order chi connectivity index (χ1) is 9.78. The molecule has 1 saturated heterocycles. The first-order valence-corrected chi connectivity index (χ1v) is 7.42. The lowest BCUT2D eigenvalue weighted by Gasteiger charge is -2.29. The molecule has 2 rings (SSSR count). The van der Waals surface area contributed by atoms with E-state index in [1.807, 2.05) is 24.3 Å². The molecule has 110 valence electrons. The van der Waals surface area contributed by atoms with Crippen molar-refractivity contribution < 1.29 is 9.47 Å². The number of benzene rings is 1. The summed E-state index contributed by atoms with van der Waals surface area (Å²) in [5.74, 6) is 2.63. The number of rotatable bonds is 6. The van der Waals surface area contributed by atoms with E-state index in [4.69, 9.17) is 9.47 Å². The fraction of sp³-hybridized carbons (Fsp3) is 0.529. The number of piperidine rings is 1. The van der Waals surface area contributed by atoms with E-state index in [-0.39, 0.29) is 0 Å². The van der Waals surface area contributed by atoms with Gasteiger partial charge in [0, 0.05) is 6.54 Å². The van der Waals surface area contributed by atoms with Gasteiger partial charge in [0.1, 0.15) is 18.1 Å². The van der Waals surface area contributed by atoms with Crippen LogP contribution in [0.25, 0.3) is 0 Å². The van der Waals surface area contributed by atoms with E-state index in [0.717, 1.165) is 24.0 Å².